The van der Waals surface area contributed by atoms with Crippen LogP contribution >= 0.6 is 15.9 Å². The molecule has 0 aliphatic rings. The molecule has 0 radical (unpaired) electrons. The monoisotopic (exact) mass is 310 g/mol. The van der Waals surface area contributed by atoms with Gasteiger partial charge in [-0.05, 0) is 40.9 Å². The Hall–Kier alpha value is -0.940. The molecule has 4 nitrogen and oxygen atoms in total. The van der Waals surface area contributed by atoms with Crippen LogP contribution in [0.3, 0.4) is 0 Å². The van der Waals surface area contributed by atoms with Gasteiger partial charge in [-0.15, -0.1) is 0 Å². The molecule has 2 rings (SSSR count). The van der Waals surface area contributed by atoms with Gasteiger partial charge in [0.2, 0.25) is 0 Å². The highest BCUT2D eigenvalue weighted by atomic mass is 79.9. The average molecular weight is 311 g/mol. The van der Waals surface area contributed by atoms with E-state index in [1.807, 2.05) is 12.3 Å². The van der Waals surface area contributed by atoms with Gasteiger partial charge in [0.1, 0.15) is 11.3 Å². The zero-order chi connectivity index (χ0) is 13.1. The summed E-state index contributed by atoms with van der Waals surface area (Å²) in [7, 11) is 0. The summed E-state index contributed by atoms with van der Waals surface area (Å²) in [5.41, 5.74) is 7.52. The lowest BCUT2D eigenvalue weighted by Crippen LogP contribution is -2.11. The first-order valence-corrected chi connectivity index (χ1v) is 7.12. The number of hydrogen-bond acceptors (Lipinski definition) is 3. The number of fused-ring (bicyclic) bond motifs is 1. The fourth-order valence-electron chi connectivity index (χ4n) is 2.04. The van der Waals surface area contributed by atoms with Gasteiger partial charge in [-0.3, -0.25) is 0 Å². The smallest absolute Gasteiger partial charge is 0.160 e. The zero-order valence-electron chi connectivity index (χ0n) is 10.9. The van der Waals surface area contributed by atoms with E-state index in [4.69, 9.17) is 10.7 Å². The highest BCUT2D eigenvalue weighted by Gasteiger charge is 2.12. The predicted octanol–water partition coefficient (Wildman–Crippen LogP) is 2.74. The second-order valence-corrected chi connectivity index (χ2v) is 5.83. The van der Waals surface area contributed by atoms with Crippen LogP contribution in [0.5, 0.6) is 0 Å². The summed E-state index contributed by atoms with van der Waals surface area (Å²) in [5, 5.41) is 0. The third-order valence-corrected chi connectivity index (χ3v) is 3.24. The molecule has 0 bridgehead atoms. The molecule has 2 N–H and O–H groups in total. The first kappa shape index (κ1) is 13.5. The molecular weight excluding hydrogens is 292 g/mol. The van der Waals surface area contributed by atoms with Gasteiger partial charge in [-0.25, -0.2) is 9.97 Å². The van der Waals surface area contributed by atoms with Crippen LogP contribution in [-0.2, 0) is 13.0 Å². The Morgan fingerprint density at radius 1 is 1.44 bits per heavy atom. The van der Waals surface area contributed by atoms with Crippen molar-refractivity contribution in [2.24, 2.45) is 11.7 Å². The Labute approximate surface area is 116 Å². The first-order valence-electron chi connectivity index (χ1n) is 6.32. The molecule has 5 heteroatoms. The van der Waals surface area contributed by atoms with Gasteiger partial charge in [0.05, 0.1) is 0 Å². The number of halogens is 1. The van der Waals surface area contributed by atoms with E-state index in [0.717, 1.165) is 40.8 Å². The Kier molecular flexibility index (Phi) is 4.35. The molecule has 0 unspecified atom stereocenters. The zero-order valence-corrected chi connectivity index (χ0v) is 12.4. The van der Waals surface area contributed by atoms with Crippen LogP contribution in [-0.4, -0.2) is 21.1 Å². The van der Waals surface area contributed by atoms with Crippen LogP contribution in [0.1, 0.15) is 26.1 Å². The molecule has 2 aromatic heterocycles. The summed E-state index contributed by atoms with van der Waals surface area (Å²) in [4.78, 5) is 9.17. The second-order valence-electron chi connectivity index (χ2n) is 4.92. The van der Waals surface area contributed by atoms with E-state index < -0.39 is 0 Å². The molecule has 0 aliphatic carbocycles. The maximum Gasteiger partial charge on any atom is 0.160 e. The van der Waals surface area contributed by atoms with E-state index in [0.29, 0.717) is 12.5 Å². The minimum atomic E-state index is 0.585. The predicted molar refractivity (Wildman–Crippen MR) is 77.4 cm³/mol. The van der Waals surface area contributed by atoms with Gasteiger partial charge >= 0.3 is 0 Å². The van der Waals surface area contributed by atoms with Crippen LogP contribution < -0.4 is 5.73 Å². The van der Waals surface area contributed by atoms with E-state index in [9.17, 15) is 0 Å². The van der Waals surface area contributed by atoms with Crippen molar-refractivity contribution in [3.63, 3.8) is 0 Å². The van der Waals surface area contributed by atoms with Gasteiger partial charge in [0.15, 0.2) is 5.65 Å². The van der Waals surface area contributed by atoms with Gasteiger partial charge < -0.3 is 10.3 Å². The van der Waals surface area contributed by atoms with E-state index in [1.54, 1.807) is 0 Å². The number of aromatic nitrogens is 3. The van der Waals surface area contributed by atoms with Gasteiger partial charge in [0, 0.05) is 23.6 Å². The van der Waals surface area contributed by atoms with Crippen molar-refractivity contribution in [2.75, 3.05) is 6.54 Å². The van der Waals surface area contributed by atoms with E-state index in [1.165, 1.54) is 0 Å². The Balaban J connectivity index is 2.45. The maximum atomic E-state index is 5.60. The highest BCUT2D eigenvalue weighted by Crippen LogP contribution is 2.20. The summed E-state index contributed by atoms with van der Waals surface area (Å²) >= 11 is 3.44. The molecule has 0 atom stereocenters. The van der Waals surface area contributed by atoms with Crippen molar-refractivity contribution >= 4 is 27.1 Å². The van der Waals surface area contributed by atoms with Crippen LogP contribution in [0.4, 0.5) is 0 Å². The van der Waals surface area contributed by atoms with Crippen molar-refractivity contribution in [1.82, 2.24) is 14.5 Å². The summed E-state index contributed by atoms with van der Waals surface area (Å²) in [6, 6.07) is 2.02. The van der Waals surface area contributed by atoms with Crippen LogP contribution in [0.15, 0.2) is 16.7 Å². The summed E-state index contributed by atoms with van der Waals surface area (Å²) in [5.74, 6) is 1.70. The molecule has 0 aliphatic heterocycles. The molecule has 0 fully saturated rings. The summed E-state index contributed by atoms with van der Waals surface area (Å²) < 4.78 is 3.17. The van der Waals surface area contributed by atoms with Crippen LogP contribution in [0.2, 0.25) is 0 Å². The third kappa shape index (κ3) is 2.90. The Morgan fingerprint density at radius 2 is 2.22 bits per heavy atom. The lowest BCUT2D eigenvalue weighted by atomic mass is 10.1. The van der Waals surface area contributed by atoms with E-state index in [2.05, 4.69) is 39.3 Å². The molecule has 2 heterocycles. The van der Waals surface area contributed by atoms with Gasteiger partial charge in [-0.1, -0.05) is 13.8 Å². The number of nitrogens with two attached hydrogens (primary N) is 1. The highest BCUT2D eigenvalue weighted by molar-refractivity contribution is 9.10. The van der Waals surface area contributed by atoms with Crippen LogP contribution in [0.25, 0.3) is 11.2 Å². The van der Waals surface area contributed by atoms with Crippen molar-refractivity contribution in [2.45, 2.75) is 33.2 Å². The minimum Gasteiger partial charge on any atom is -0.330 e. The lowest BCUT2D eigenvalue weighted by molar-refractivity contribution is 0.566. The van der Waals surface area contributed by atoms with Crippen molar-refractivity contribution in [3.05, 3.63) is 22.6 Å². The van der Waals surface area contributed by atoms with Crippen molar-refractivity contribution < 1.29 is 0 Å². The Morgan fingerprint density at radius 3 is 2.89 bits per heavy atom. The molecular formula is C13H19BrN4. The standard InChI is InChI=1S/C13H19BrN4/c1-9(2)6-12-17-11-7-10(14)8-16-13(11)18(12)5-3-4-15/h7-9H,3-6,15H2,1-2H3. The molecule has 18 heavy (non-hydrogen) atoms. The number of aryl methyl sites for hydroxylation is 1. The molecule has 0 saturated carbocycles. The third-order valence-electron chi connectivity index (χ3n) is 2.81. The second kappa shape index (κ2) is 5.80. The number of nitrogens with zero attached hydrogens (tertiary/aromatic N) is 3. The number of imidazole rings is 1. The first-order chi connectivity index (χ1) is 8.61. The fourth-order valence-corrected chi connectivity index (χ4v) is 2.36. The fraction of sp³-hybridized carbons (Fsp3) is 0.538. The number of rotatable bonds is 5. The SMILES string of the molecule is CC(C)Cc1nc2cc(Br)cnc2n1CCCN. The van der Waals surface area contributed by atoms with Crippen molar-refractivity contribution in [3.8, 4) is 0 Å². The van der Waals surface area contributed by atoms with Crippen molar-refractivity contribution in [1.29, 1.82) is 0 Å². The molecule has 0 saturated heterocycles. The van der Waals surface area contributed by atoms with Crippen LogP contribution in [0, 0.1) is 5.92 Å². The molecule has 0 amide bonds. The summed E-state index contributed by atoms with van der Waals surface area (Å²) in [6.07, 6.45) is 3.75. The molecule has 2 aromatic rings. The topological polar surface area (TPSA) is 56.7 Å². The number of hydrogen-bond donors (Lipinski definition) is 1. The largest absolute Gasteiger partial charge is 0.330 e. The maximum absolute atomic E-state index is 5.60. The number of pyridine rings is 1. The molecule has 0 spiro atoms. The molecule has 0 aromatic carbocycles. The van der Waals surface area contributed by atoms with E-state index in [-0.39, 0.29) is 0 Å². The summed E-state index contributed by atoms with van der Waals surface area (Å²) in [6.45, 7) is 5.99. The van der Waals surface area contributed by atoms with E-state index >= 15 is 0 Å². The van der Waals surface area contributed by atoms with Gasteiger partial charge in [0.25, 0.3) is 0 Å². The minimum absolute atomic E-state index is 0.585. The molecule has 98 valence electrons. The quantitative estimate of drug-likeness (QED) is 0.924. The average Bonchev–Trinajstić information content (AvgIpc) is 2.62. The lowest BCUT2D eigenvalue weighted by Gasteiger charge is -2.09. The Bertz CT molecular complexity index is 533. The van der Waals surface area contributed by atoms with Gasteiger partial charge in [-0.2, -0.15) is 0 Å². The normalized spacial score (nSPS) is 11.6.